The van der Waals surface area contributed by atoms with Gasteiger partial charge in [-0.15, -0.1) is 11.6 Å². The summed E-state index contributed by atoms with van der Waals surface area (Å²) in [6.45, 7) is 4.26. The van der Waals surface area contributed by atoms with Gasteiger partial charge in [-0.1, -0.05) is 64.7 Å². The van der Waals surface area contributed by atoms with Crippen molar-refractivity contribution in [1.29, 1.82) is 0 Å². The van der Waals surface area contributed by atoms with E-state index in [-0.39, 0.29) is 0 Å². The third kappa shape index (κ3) is 15.8. The molecule has 0 aromatic rings. The molecule has 0 atom stereocenters. The molecular formula is C15H31ClN2. The van der Waals surface area contributed by atoms with E-state index >= 15 is 0 Å². The van der Waals surface area contributed by atoms with Crippen LogP contribution in [0.25, 0.3) is 0 Å². The molecule has 1 heterocycles. The number of alkyl halides is 1. The summed E-state index contributed by atoms with van der Waals surface area (Å²) in [6.07, 6.45) is 15.6. The number of nitrogens with one attached hydrogen (secondary N) is 1. The van der Waals surface area contributed by atoms with Crippen LogP contribution < -0.4 is 5.32 Å². The summed E-state index contributed by atoms with van der Waals surface area (Å²) in [7, 11) is 0. The third-order valence-corrected chi connectivity index (χ3v) is 3.32. The van der Waals surface area contributed by atoms with Crippen LogP contribution in [0.5, 0.6) is 0 Å². The molecule has 18 heavy (non-hydrogen) atoms. The van der Waals surface area contributed by atoms with Crippen LogP contribution in [0.3, 0.4) is 0 Å². The maximum absolute atomic E-state index is 5.60. The van der Waals surface area contributed by atoms with Gasteiger partial charge in [0, 0.05) is 12.4 Å². The van der Waals surface area contributed by atoms with Crippen LogP contribution in [0, 0.1) is 0 Å². The van der Waals surface area contributed by atoms with Gasteiger partial charge in [0.15, 0.2) is 0 Å². The van der Waals surface area contributed by atoms with E-state index in [1.165, 1.54) is 64.2 Å². The van der Waals surface area contributed by atoms with E-state index in [2.05, 4.69) is 17.2 Å². The largest absolute Gasteiger partial charge is 0.375 e. The summed E-state index contributed by atoms with van der Waals surface area (Å²) in [6, 6.07) is 0. The lowest BCUT2D eigenvalue weighted by Crippen LogP contribution is -2.04. The molecule has 3 heteroatoms. The maximum atomic E-state index is 5.60. The Morgan fingerprint density at radius 3 is 1.83 bits per heavy atom. The molecule has 0 saturated heterocycles. The predicted octanol–water partition coefficient (Wildman–Crippen LogP) is 4.76. The minimum absolute atomic E-state index is 0.844. The van der Waals surface area contributed by atoms with Gasteiger partial charge in [0.1, 0.15) is 0 Å². The molecule has 0 bridgehead atoms. The van der Waals surface area contributed by atoms with Crippen LogP contribution in [0.2, 0.25) is 0 Å². The van der Waals surface area contributed by atoms with Crippen molar-refractivity contribution >= 4 is 17.9 Å². The molecule has 108 valence electrons. The lowest BCUT2D eigenvalue weighted by Gasteiger charge is -2.00. The molecule has 0 aromatic heterocycles. The van der Waals surface area contributed by atoms with Crippen LogP contribution in [-0.2, 0) is 0 Å². The van der Waals surface area contributed by atoms with Crippen LogP contribution in [0.1, 0.15) is 71.1 Å². The first kappa shape index (κ1) is 17.8. The number of hydrogen-bond acceptors (Lipinski definition) is 2. The van der Waals surface area contributed by atoms with E-state index in [1.807, 2.05) is 0 Å². The van der Waals surface area contributed by atoms with Gasteiger partial charge in [-0.3, -0.25) is 4.99 Å². The highest BCUT2D eigenvalue weighted by atomic mass is 35.5. The molecule has 1 N–H and O–H groups in total. The summed E-state index contributed by atoms with van der Waals surface area (Å²) >= 11 is 5.60. The number of hydrogen-bond donors (Lipinski definition) is 1. The quantitative estimate of drug-likeness (QED) is 0.451. The minimum atomic E-state index is 0.844. The first-order valence-electron chi connectivity index (χ1n) is 7.69. The molecular weight excluding hydrogens is 244 g/mol. The molecule has 0 saturated carbocycles. The van der Waals surface area contributed by atoms with Crippen LogP contribution in [0.15, 0.2) is 4.99 Å². The molecule has 0 fully saturated rings. The Morgan fingerprint density at radius 2 is 1.50 bits per heavy atom. The van der Waals surface area contributed by atoms with Crippen molar-refractivity contribution < 1.29 is 0 Å². The Morgan fingerprint density at radius 1 is 0.944 bits per heavy atom. The monoisotopic (exact) mass is 274 g/mol. The van der Waals surface area contributed by atoms with E-state index in [0.717, 1.165) is 19.0 Å². The zero-order valence-corrected chi connectivity index (χ0v) is 12.9. The zero-order chi connectivity index (χ0) is 13.3. The normalized spacial score (nSPS) is 13.0. The summed E-state index contributed by atoms with van der Waals surface area (Å²) in [5, 5.41) is 2.93. The lowest BCUT2D eigenvalue weighted by atomic mass is 10.1. The van der Waals surface area contributed by atoms with Crippen molar-refractivity contribution in [2.24, 2.45) is 4.99 Å². The molecule has 0 aliphatic carbocycles. The van der Waals surface area contributed by atoms with Crippen molar-refractivity contribution in [3.05, 3.63) is 0 Å². The zero-order valence-electron chi connectivity index (χ0n) is 12.1. The number of rotatable bonds is 10. The van der Waals surface area contributed by atoms with Crippen molar-refractivity contribution in [3.63, 3.8) is 0 Å². The lowest BCUT2D eigenvalue weighted by molar-refractivity contribution is 0.563. The van der Waals surface area contributed by atoms with Crippen LogP contribution in [-0.4, -0.2) is 25.3 Å². The Labute approximate surface area is 119 Å². The van der Waals surface area contributed by atoms with Crippen LogP contribution >= 0.6 is 11.6 Å². The fourth-order valence-electron chi connectivity index (χ4n) is 1.90. The van der Waals surface area contributed by atoms with Crippen molar-refractivity contribution in [1.82, 2.24) is 5.32 Å². The summed E-state index contributed by atoms with van der Waals surface area (Å²) in [5.41, 5.74) is 0. The van der Waals surface area contributed by atoms with E-state index < -0.39 is 0 Å². The molecule has 0 aromatic carbocycles. The topological polar surface area (TPSA) is 24.4 Å². The Hall–Kier alpha value is -0.240. The van der Waals surface area contributed by atoms with Gasteiger partial charge in [-0.05, 0) is 6.42 Å². The van der Waals surface area contributed by atoms with Gasteiger partial charge in [-0.2, -0.15) is 0 Å². The summed E-state index contributed by atoms with van der Waals surface area (Å²) in [5.74, 6) is 0.844. The molecule has 1 rings (SSSR count). The van der Waals surface area contributed by atoms with Crippen molar-refractivity contribution in [3.8, 4) is 0 Å². The molecule has 0 unspecified atom stereocenters. The predicted molar refractivity (Wildman–Crippen MR) is 83.9 cm³/mol. The van der Waals surface area contributed by atoms with Crippen LogP contribution in [0.4, 0.5) is 0 Å². The molecule has 1 aliphatic heterocycles. The van der Waals surface area contributed by atoms with Gasteiger partial charge in [0.2, 0.25) is 0 Å². The van der Waals surface area contributed by atoms with Gasteiger partial charge in [-0.25, -0.2) is 0 Å². The third-order valence-electron chi connectivity index (χ3n) is 3.05. The Kier molecular flexibility index (Phi) is 16.5. The first-order valence-corrected chi connectivity index (χ1v) is 8.23. The fraction of sp³-hybridized carbons (Fsp3) is 0.933. The average molecular weight is 275 g/mol. The Bertz CT molecular complexity index is 156. The van der Waals surface area contributed by atoms with Gasteiger partial charge >= 0.3 is 0 Å². The number of unbranched alkanes of at least 4 members (excludes halogenated alkanes) is 9. The number of aliphatic imine (C=N–C) groups is 1. The second-order valence-corrected chi connectivity index (χ2v) is 5.24. The SMILES string of the molecule is C1=NCCN1.CCCCCCCCCCCCCl. The van der Waals surface area contributed by atoms with Gasteiger partial charge < -0.3 is 5.32 Å². The molecule has 0 radical (unpaired) electrons. The molecule has 0 amide bonds. The second kappa shape index (κ2) is 16.8. The number of halogens is 1. The van der Waals surface area contributed by atoms with Crippen molar-refractivity contribution in [2.45, 2.75) is 71.1 Å². The summed E-state index contributed by atoms with van der Waals surface area (Å²) in [4.78, 5) is 3.85. The van der Waals surface area contributed by atoms with Crippen molar-refractivity contribution in [2.75, 3.05) is 19.0 Å². The standard InChI is InChI=1S/C12H25Cl.C3H6N2/c1-2-3-4-5-6-7-8-9-10-11-12-13;1-2-5-3-4-1/h2-12H2,1H3;3H,1-2H2,(H,4,5). The number of nitrogens with zero attached hydrogens (tertiary/aromatic N) is 1. The maximum Gasteiger partial charge on any atom is 0.0825 e. The second-order valence-electron chi connectivity index (χ2n) is 4.86. The molecule has 0 spiro atoms. The minimum Gasteiger partial charge on any atom is -0.375 e. The highest BCUT2D eigenvalue weighted by Crippen LogP contribution is 2.10. The molecule has 1 aliphatic rings. The van der Waals surface area contributed by atoms with E-state index in [4.69, 9.17) is 11.6 Å². The van der Waals surface area contributed by atoms with E-state index in [9.17, 15) is 0 Å². The van der Waals surface area contributed by atoms with E-state index in [0.29, 0.717) is 0 Å². The fourth-order valence-corrected chi connectivity index (χ4v) is 2.09. The summed E-state index contributed by atoms with van der Waals surface area (Å²) < 4.78 is 0. The molecule has 2 nitrogen and oxygen atoms in total. The highest BCUT2D eigenvalue weighted by Gasteiger charge is 1.91. The van der Waals surface area contributed by atoms with Gasteiger partial charge in [0.05, 0.1) is 12.9 Å². The first-order chi connectivity index (χ1) is 8.91. The smallest absolute Gasteiger partial charge is 0.0825 e. The Balaban J connectivity index is 0.000000473. The van der Waals surface area contributed by atoms with Gasteiger partial charge in [0.25, 0.3) is 0 Å². The van der Waals surface area contributed by atoms with E-state index in [1.54, 1.807) is 6.34 Å². The average Bonchev–Trinajstić information content (AvgIpc) is 2.96. The highest BCUT2D eigenvalue weighted by molar-refractivity contribution is 6.17.